The minimum Gasteiger partial charge on any atom is -0.337 e. The van der Waals surface area contributed by atoms with E-state index in [4.69, 9.17) is 0 Å². The summed E-state index contributed by atoms with van der Waals surface area (Å²) < 4.78 is 1.02. The fourth-order valence-corrected chi connectivity index (χ4v) is 2.75. The van der Waals surface area contributed by atoms with Gasteiger partial charge in [0, 0.05) is 10.2 Å². The molecule has 0 aliphatic carbocycles. The highest BCUT2D eigenvalue weighted by molar-refractivity contribution is 9.10. The fraction of sp³-hybridized carbons (Fsp3) is 0.312. The van der Waals surface area contributed by atoms with E-state index in [9.17, 15) is 5.26 Å². The van der Waals surface area contributed by atoms with Crippen LogP contribution in [-0.2, 0) is 12.8 Å². The molecule has 0 spiro atoms. The van der Waals surface area contributed by atoms with Crippen molar-refractivity contribution in [3.8, 4) is 6.07 Å². The van der Waals surface area contributed by atoms with E-state index in [1.165, 1.54) is 0 Å². The summed E-state index contributed by atoms with van der Waals surface area (Å²) in [6.07, 6.45) is 1.55. The van der Waals surface area contributed by atoms with Gasteiger partial charge in [-0.15, -0.1) is 5.10 Å². The van der Waals surface area contributed by atoms with Crippen LogP contribution in [0.1, 0.15) is 36.2 Å². The van der Waals surface area contributed by atoms with E-state index in [0.717, 1.165) is 39.8 Å². The van der Waals surface area contributed by atoms with Crippen molar-refractivity contribution in [2.75, 3.05) is 5.32 Å². The lowest BCUT2D eigenvalue weighted by Gasteiger charge is -2.13. The van der Waals surface area contributed by atoms with E-state index in [1.54, 1.807) is 0 Å². The molecule has 4 nitrogen and oxygen atoms in total. The number of aromatic nitrogens is 2. The third-order valence-corrected chi connectivity index (χ3v) is 3.89. The Kier molecular flexibility index (Phi) is 4.92. The van der Waals surface area contributed by atoms with E-state index in [-0.39, 0.29) is 0 Å². The monoisotopic (exact) mass is 344 g/mol. The SMILES string of the molecule is CCc1nnc(Nc2ccc(Br)cc2C)c(C#N)c1CC. The molecule has 1 aromatic carbocycles. The average Bonchev–Trinajstić information content (AvgIpc) is 2.49. The predicted molar refractivity (Wildman–Crippen MR) is 87.7 cm³/mol. The van der Waals surface area contributed by atoms with Gasteiger partial charge in [0.05, 0.1) is 5.69 Å². The summed E-state index contributed by atoms with van der Waals surface area (Å²) in [6.45, 7) is 6.07. The second-order valence-corrected chi connectivity index (χ2v) is 5.67. The molecular weight excluding hydrogens is 328 g/mol. The summed E-state index contributed by atoms with van der Waals surface area (Å²) in [6, 6.07) is 8.20. The van der Waals surface area contributed by atoms with Crippen LogP contribution in [0.25, 0.3) is 0 Å². The largest absolute Gasteiger partial charge is 0.337 e. The topological polar surface area (TPSA) is 61.6 Å². The number of rotatable bonds is 4. The first-order valence-electron chi connectivity index (χ1n) is 6.92. The number of benzene rings is 1. The zero-order chi connectivity index (χ0) is 15.4. The highest BCUT2D eigenvalue weighted by Crippen LogP contribution is 2.26. The molecule has 108 valence electrons. The lowest BCUT2D eigenvalue weighted by Crippen LogP contribution is -2.07. The number of nitrogens with one attached hydrogen (secondary N) is 1. The fourth-order valence-electron chi connectivity index (χ4n) is 2.28. The number of hydrogen-bond donors (Lipinski definition) is 1. The van der Waals surface area contributed by atoms with Crippen LogP contribution in [-0.4, -0.2) is 10.2 Å². The van der Waals surface area contributed by atoms with Crippen LogP contribution in [0, 0.1) is 18.3 Å². The highest BCUT2D eigenvalue weighted by atomic mass is 79.9. The second-order valence-electron chi connectivity index (χ2n) is 4.75. The van der Waals surface area contributed by atoms with E-state index >= 15 is 0 Å². The Labute approximate surface area is 133 Å². The van der Waals surface area contributed by atoms with Crippen LogP contribution in [0.2, 0.25) is 0 Å². The van der Waals surface area contributed by atoms with Gasteiger partial charge in [-0.05, 0) is 49.1 Å². The smallest absolute Gasteiger partial charge is 0.171 e. The van der Waals surface area contributed by atoms with E-state index in [0.29, 0.717) is 11.4 Å². The molecule has 0 unspecified atom stereocenters. The van der Waals surface area contributed by atoms with Gasteiger partial charge in [-0.3, -0.25) is 0 Å². The maximum absolute atomic E-state index is 9.48. The zero-order valence-electron chi connectivity index (χ0n) is 12.4. The van der Waals surface area contributed by atoms with Gasteiger partial charge >= 0.3 is 0 Å². The van der Waals surface area contributed by atoms with Crippen molar-refractivity contribution >= 4 is 27.4 Å². The minimum absolute atomic E-state index is 0.525. The molecule has 2 aromatic rings. The first-order valence-corrected chi connectivity index (χ1v) is 7.71. The summed E-state index contributed by atoms with van der Waals surface area (Å²) in [4.78, 5) is 0. The molecule has 0 bridgehead atoms. The summed E-state index contributed by atoms with van der Waals surface area (Å²) in [5.74, 6) is 0.525. The number of anilines is 2. The van der Waals surface area contributed by atoms with Crippen LogP contribution < -0.4 is 5.32 Å². The molecule has 0 amide bonds. The van der Waals surface area contributed by atoms with Crippen molar-refractivity contribution in [3.63, 3.8) is 0 Å². The van der Waals surface area contributed by atoms with E-state index < -0.39 is 0 Å². The first kappa shape index (κ1) is 15.5. The van der Waals surface area contributed by atoms with Crippen molar-refractivity contribution in [2.24, 2.45) is 0 Å². The molecule has 1 heterocycles. The summed E-state index contributed by atoms with van der Waals surface area (Å²) in [5.41, 5.74) is 4.47. The van der Waals surface area contributed by atoms with Crippen LogP contribution in [0.3, 0.4) is 0 Å². The molecule has 1 N–H and O–H groups in total. The Morgan fingerprint density at radius 2 is 2.00 bits per heavy atom. The Morgan fingerprint density at radius 3 is 2.57 bits per heavy atom. The number of nitriles is 1. The Balaban J connectivity index is 2.47. The standard InChI is InChI=1S/C16H17BrN4/c1-4-12-13(9-18)16(21-20-14(12)5-2)19-15-7-6-11(17)8-10(15)3/h6-8H,4-5H2,1-3H3,(H,19,21). The van der Waals surface area contributed by atoms with Crippen molar-refractivity contribution in [3.05, 3.63) is 45.1 Å². The molecule has 0 aliphatic rings. The Morgan fingerprint density at radius 1 is 1.24 bits per heavy atom. The molecular formula is C16H17BrN4. The average molecular weight is 345 g/mol. The Bertz CT molecular complexity index is 704. The van der Waals surface area contributed by atoms with Crippen molar-refractivity contribution in [1.82, 2.24) is 10.2 Å². The van der Waals surface area contributed by atoms with Gasteiger partial charge in [-0.2, -0.15) is 10.4 Å². The normalized spacial score (nSPS) is 10.2. The molecule has 2 rings (SSSR count). The Hall–Kier alpha value is -1.93. The maximum Gasteiger partial charge on any atom is 0.171 e. The third kappa shape index (κ3) is 3.22. The first-order chi connectivity index (χ1) is 10.1. The number of aryl methyl sites for hydroxylation is 2. The highest BCUT2D eigenvalue weighted by Gasteiger charge is 2.14. The lowest BCUT2D eigenvalue weighted by molar-refractivity contribution is 0.877. The van der Waals surface area contributed by atoms with E-state index in [1.807, 2.05) is 39.0 Å². The van der Waals surface area contributed by atoms with Gasteiger partial charge in [-0.1, -0.05) is 29.8 Å². The number of halogens is 1. The van der Waals surface area contributed by atoms with Crippen LogP contribution in [0.4, 0.5) is 11.5 Å². The van der Waals surface area contributed by atoms with Crippen LogP contribution in [0.5, 0.6) is 0 Å². The van der Waals surface area contributed by atoms with Crippen LogP contribution in [0.15, 0.2) is 22.7 Å². The summed E-state index contributed by atoms with van der Waals surface area (Å²) in [7, 11) is 0. The molecule has 0 saturated heterocycles. The summed E-state index contributed by atoms with van der Waals surface area (Å²) >= 11 is 3.44. The van der Waals surface area contributed by atoms with Gasteiger partial charge in [0.15, 0.2) is 5.82 Å². The molecule has 5 heteroatoms. The van der Waals surface area contributed by atoms with Gasteiger partial charge < -0.3 is 5.32 Å². The molecule has 0 saturated carbocycles. The van der Waals surface area contributed by atoms with Gasteiger partial charge in [-0.25, -0.2) is 0 Å². The van der Waals surface area contributed by atoms with Gasteiger partial charge in [0.25, 0.3) is 0 Å². The minimum atomic E-state index is 0.525. The van der Waals surface area contributed by atoms with Crippen molar-refractivity contribution in [2.45, 2.75) is 33.6 Å². The summed E-state index contributed by atoms with van der Waals surface area (Å²) in [5, 5.41) is 21.1. The zero-order valence-corrected chi connectivity index (χ0v) is 14.0. The molecule has 0 atom stereocenters. The number of nitrogens with zero attached hydrogens (tertiary/aromatic N) is 3. The maximum atomic E-state index is 9.48. The lowest BCUT2D eigenvalue weighted by atomic mass is 10.0. The predicted octanol–water partition coefficient (Wildman–Crippen LogP) is 4.29. The second kappa shape index (κ2) is 6.68. The van der Waals surface area contributed by atoms with Crippen molar-refractivity contribution < 1.29 is 0 Å². The van der Waals surface area contributed by atoms with Gasteiger partial charge in [0.1, 0.15) is 11.6 Å². The molecule has 0 fully saturated rings. The molecule has 1 aromatic heterocycles. The van der Waals surface area contributed by atoms with Gasteiger partial charge in [0.2, 0.25) is 0 Å². The molecule has 0 radical (unpaired) electrons. The molecule has 0 aliphatic heterocycles. The number of hydrogen-bond acceptors (Lipinski definition) is 4. The van der Waals surface area contributed by atoms with Crippen molar-refractivity contribution in [1.29, 1.82) is 5.26 Å². The van der Waals surface area contributed by atoms with E-state index in [2.05, 4.69) is 37.5 Å². The van der Waals surface area contributed by atoms with Crippen LogP contribution >= 0.6 is 15.9 Å². The quantitative estimate of drug-likeness (QED) is 0.898. The molecule has 21 heavy (non-hydrogen) atoms. The third-order valence-electron chi connectivity index (χ3n) is 3.40.